The molecule has 0 spiro atoms. The second-order valence-corrected chi connectivity index (χ2v) is 6.16. The summed E-state index contributed by atoms with van der Waals surface area (Å²) >= 11 is 1.14. The number of anilines is 1. The number of nitrogens with one attached hydrogen (secondary N) is 2. The molecule has 2 N–H and O–H groups in total. The van der Waals surface area contributed by atoms with Gasteiger partial charge in [-0.15, -0.1) is 0 Å². The molecular formula is C16H10F2N4O3S. The van der Waals surface area contributed by atoms with Crippen LogP contribution in [0, 0.1) is 0 Å². The molecule has 0 saturated carbocycles. The third kappa shape index (κ3) is 3.26. The Kier molecular flexibility index (Phi) is 4.09. The highest BCUT2D eigenvalue weighted by atomic mass is 32.1. The number of rotatable bonds is 5. The number of ether oxygens (including phenoxy) is 1. The maximum Gasteiger partial charge on any atom is 0.387 e. The number of carbonyl (C=O) groups is 1. The number of aromatic amines is 1. The van der Waals surface area contributed by atoms with E-state index in [-0.39, 0.29) is 11.4 Å². The van der Waals surface area contributed by atoms with Crippen molar-refractivity contribution in [1.29, 1.82) is 0 Å². The standard InChI is InChI=1S/C16H10F2N4O3S/c17-15(18)25-8-3-4-9-13(6-8)26-16(19-9)20-14(23)11-7-10(21-22-11)12-2-1-5-24-12/h1-7,15H,(H,21,22)(H,19,20,23). The molecule has 1 aromatic carbocycles. The van der Waals surface area contributed by atoms with Gasteiger partial charge in [0.1, 0.15) is 11.4 Å². The number of hydrogen-bond donors (Lipinski definition) is 2. The van der Waals surface area contributed by atoms with E-state index in [1.165, 1.54) is 18.4 Å². The maximum absolute atomic E-state index is 12.3. The van der Waals surface area contributed by atoms with Crippen LogP contribution in [0.4, 0.5) is 13.9 Å². The minimum atomic E-state index is -2.90. The molecule has 3 aromatic heterocycles. The van der Waals surface area contributed by atoms with Crippen LogP contribution in [-0.4, -0.2) is 27.7 Å². The number of carbonyl (C=O) groups excluding carboxylic acids is 1. The predicted octanol–water partition coefficient (Wildman–Crippen LogP) is 4.13. The molecule has 132 valence electrons. The monoisotopic (exact) mass is 376 g/mol. The number of thiazole rings is 1. The number of H-pyrrole nitrogens is 1. The maximum atomic E-state index is 12.3. The highest BCUT2D eigenvalue weighted by Crippen LogP contribution is 2.30. The number of fused-ring (bicyclic) bond motifs is 1. The van der Waals surface area contributed by atoms with Crippen LogP contribution in [0.1, 0.15) is 10.5 Å². The Hall–Kier alpha value is -3.27. The number of alkyl halides is 2. The second-order valence-electron chi connectivity index (χ2n) is 5.13. The third-order valence-corrected chi connectivity index (χ3v) is 4.34. The zero-order chi connectivity index (χ0) is 18.1. The summed E-state index contributed by atoms with van der Waals surface area (Å²) < 4.78 is 34.8. The summed E-state index contributed by atoms with van der Waals surface area (Å²) in [4.78, 5) is 16.5. The Morgan fingerprint density at radius 3 is 2.96 bits per heavy atom. The fourth-order valence-corrected chi connectivity index (χ4v) is 3.18. The molecule has 4 aromatic rings. The SMILES string of the molecule is O=C(Nc1nc2ccc(OC(F)F)cc2s1)c1cc(-c2ccco2)[nH]n1. The molecule has 0 saturated heterocycles. The molecule has 0 atom stereocenters. The molecule has 4 rings (SSSR count). The van der Waals surface area contributed by atoms with E-state index in [0.29, 0.717) is 26.8 Å². The molecule has 1 amide bonds. The van der Waals surface area contributed by atoms with Crippen LogP contribution in [0.5, 0.6) is 5.75 Å². The van der Waals surface area contributed by atoms with Crippen LogP contribution in [0.25, 0.3) is 21.7 Å². The van der Waals surface area contributed by atoms with Gasteiger partial charge in [-0.3, -0.25) is 15.2 Å². The fourth-order valence-electron chi connectivity index (χ4n) is 2.29. The van der Waals surface area contributed by atoms with Gasteiger partial charge in [-0.05, 0) is 30.3 Å². The van der Waals surface area contributed by atoms with Gasteiger partial charge in [0.25, 0.3) is 5.91 Å². The van der Waals surface area contributed by atoms with Gasteiger partial charge in [0.2, 0.25) is 0 Å². The van der Waals surface area contributed by atoms with E-state index in [2.05, 4.69) is 25.2 Å². The van der Waals surface area contributed by atoms with Gasteiger partial charge in [-0.25, -0.2) is 4.98 Å². The first-order valence-corrected chi connectivity index (χ1v) is 8.16. The molecule has 3 heterocycles. The zero-order valence-electron chi connectivity index (χ0n) is 12.9. The number of furan rings is 1. The molecule has 0 radical (unpaired) electrons. The molecular weight excluding hydrogens is 366 g/mol. The normalized spacial score (nSPS) is 11.2. The molecule has 0 unspecified atom stereocenters. The predicted molar refractivity (Wildman–Crippen MR) is 90.5 cm³/mol. The van der Waals surface area contributed by atoms with Gasteiger partial charge in [0.05, 0.1) is 16.5 Å². The van der Waals surface area contributed by atoms with E-state index in [9.17, 15) is 13.6 Å². The van der Waals surface area contributed by atoms with Crippen LogP contribution >= 0.6 is 11.3 Å². The summed E-state index contributed by atoms with van der Waals surface area (Å²) in [6.07, 6.45) is 1.52. The van der Waals surface area contributed by atoms with Gasteiger partial charge in [-0.1, -0.05) is 11.3 Å². The van der Waals surface area contributed by atoms with E-state index in [1.807, 2.05) is 0 Å². The topological polar surface area (TPSA) is 93.0 Å². The summed E-state index contributed by atoms with van der Waals surface area (Å²) in [6.45, 7) is -2.90. The minimum Gasteiger partial charge on any atom is -0.463 e. The highest BCUT2D eigenvalue weighted by Gasteiger charge is 2.15. The molecule has 0 bridgehead atoms. The fraction of sp³-hybridized carbons (Fsp3) is 0.0625. The van der Waals surface area contributed by atoms with E-state index in [1.54, 1.807) is 24.3 Å². The molecule has 26 heavy (non-hydrogen) atoms. The van der Waals surface area contributed by atoms with Crippen molar-refractivity contribution < 1.29 is 22.7 Å². The Morgan fingerprint density at radius 2 is 2.19 bits per heavy atom. The zero-order valence-corrected chi connectivity index (χ0v) is 13.7. The van der Waals surface area contributed by atoms with E-state index in [4.69, 9.17) is 4.42 Å². The Labute approximate surface area is 148 Å². The number of benzene rings is 1. The Morgan fingerprint density at radius 1 is 1.31 bits per heavy atom. The summed E-state index contributed by atoms with van der Waals surface area (Å²) in [5, 5.41) is 9.62. The van der Waals surface area contributed by atoms with Crippen molar-refractivity contribution in [2.45, 2.75) is 6.61 Å². The number of halogens is 2. The van der Waals surface area contributed by atoms with Gasteiger partial charge in [0, 0.05) is 6.07 Å². The van der Waals surface area contributed by atoms with Crippen molar-refractivity contribution in [3.8, 4) is 17.2 Å². The van der Waals surface area contributed by atoms with E-state index in [0.717, 1.165) is 11.3 Å². The summed E-state index contributed by atoms with van der Waals surface area (Å²) in [5.74, 6) is 0.134. The first kappa shape index (κ1) is 16.2. The average molecular weight is 376 g/mol. The summed E-state index contributed by atoms with van der Waals surface area (Å²) in [6, 6.07) is 9.39. The van der Waals surface area contributed by atoms with Crippen molar-refractivity contribution in [1.82, 2.24) is 15.2 Å². The Balaban J connectivity index is 1.52. The first-order chi connectivity index (χ1) is 12.6. The lowest BCUT2D eigenvalue weighted by Crippen LogP contribution is -2.11. The molecule has 10 heteroatoms. The first-order valence-electron chi connectivity index (χ1n) is 7.34. The van der Waals surface area contributed by atoms with Crippen molar-refractivity contribution >= 4 is 32.6 Å². The van der Waals surface area contributed by atoms with Gasteiger partial charge in [0.15, 0.2) is 16.6 Å². The number of nitrogens with zero attached hydrogens (tertiary/aromatic N) is 2. The lowest BCUT2D eigenvalue weighted by atomic mass is 10.3. The quantitative estimate of drug-likeness (QED) is 0.546. The average Bonchev–Trinajstić information content (AvgIpc) is 3.33. The highest BCUT2D eigenvalue weighted by molar-refractivity contribution is 7.22. The lowest BCUT2D eigenvalue weighted by Gasteiger charge is -2.02. The van der Waals surface area contributed by atoms with Crippen LogP contribution in [0.15, 0.2) is 47.1 Å². The van der Waals surface area contributed by atoms with Crippen LogP contribution < -0.4 is 10.1 Å². The van der Waals surface area contributed by atoms with Crippen molar-refractivity contribution in [2.24, 2.45) is 0 Å². The smallest absolute Gasteiger partial charge is 0.387 e. The van der Waals surface area contributed by atoms with E-state index >= 15 is 0 Å². The number of amides is 1. The largest absolute Gasteiger partial charge is 0.463 e. The third-order valence-electron chi connectivity index (χ3n) is 3.40. The summed E-state index contributed by atoms with van der Waals surface area (Å²) in [5.41, 5.74) is 1.29. The van der Waals surface area contributed by atoms with Crippen LogP contribution in [0.3, 0.4) is 0 Å². The van der Waals surface area contributed by atoms with Crippen LogP contribution in [0.2, 0.25) is 0 Å². The van der Waals surface area contributed by atoms with Gasteiger partial charge < -0.3 is 9.15 Å². The molecule has 0 fully saturated rings. The van der Waals surface area contributed by atoms with Crippen molar-refractivity contribution in [2.75, 3.05) is 5.32 Å². The van der Waals surface area contributed by atoms with Gasteiger partial charge in [-0.2, -0.15) is 13.9 Å². The number of hydrogen-bond acceptors (Lipinski definition) is 6. The van der Waals surface area contributed by atoms with Crippen LogP contribution in [-0.2, 0) is 0 Å². The molecule has 0 aliphatic carbocycles. The van der Waals surface area contributed by atoms with Gasteiger partial charge >= 0.3 is 6.61 Å². The van der Waals surface area contributed by atoms with E-state index < -0.39 is 12.5 Å². The lowest BCUT2D eigenvalue weighted by molar-refractivity contribution is -0.0497. The van der Waals surface area contributed by atoms with Crippen molar-refractivity contribution in [3.05, 3.63) is 48.4 Å². The molecule has 0 aliphatic heterocycles. The Bertz CT molecular complexity index is 1060. The molecule has 7 nitrogen and oxygen atoms in total. The van der Waals surface area contributed by atoms with Crippen molar-refractivity contribution in [3.63, 3.8) is 0 Å². The minimum absolute atomic E-state index is 0.0319. The summed E-state index contributed by atoms with van der Waals surface area (Å²) in [7, 11) is 0. The number of aromatic nitrogens is 3. The molecule has 0 aliphatic rings. The second kappa shape index (κ2) is 6.56.